The number of carbonyl (C=O) groups is 2. The second kappa shape index (κ2) is 12.3. The van der Waals surface area contributed by atoms with Crippen LogP contribution in [0.25, 0.3) is 0 Å². The summed E-state index contributed by atoms with van der Waals surface area (Å²) in [6.07, 6.45) is 0.889. The molecule has 9 heteroatoms. The summed E-state index contributed by atoms with van der Waals surface area (Å²) in [4.78, 5) is 24.9. The number of para-hydroxylation sites is 1. The van der Waals surface area contributed by atoms with Gasteiger partial charge in [-0.2, -0.15) is 0 Å². The first-order valence-corrected chi connectivity index (χ1v) is 10.6. The summed E-state index contributed by atoms with van der Waals surface area (Å²) in [6.45, 7) is 3.41. The van der Waals surface area contributed by atoms with Crippen LogP contribution in [0.1, 0.15) is 34.1 Å². The van der Waals surface area contributed by atoms with E-state index in [1.165, 1.54) is 0 Å². The van der Waals surface area contributed by atoms with E-state index in [1.54, 1.807) is 49.6 Å². The fourth-order valence-corrected chi connectivity index (χ4v) is 3.15. The third kappa shape index (κ3) is 7.08. The molecule has 0 fully saturated rings. The van der Waals surface area contributed by atoms with Gasteiger partial charge in [0.1, 0.15) is 5.75 Å². The predicted molar refractivity (Wildman–Crippen MR) is 124 cm³/mol. The minimum absolute atomic E-state index is 0.0829. The summed E-state index contributed by atoms with van der Waals surface area (Å²) < 4.78 is 11.2. The Morgan fingerprint density at radius 2 is 1.87 bits per heavy atom. The highest BCUT2D eigenvalue weighted by molar-refractivity contribution is 9.10. The standard InChI is InChI=1S/C21H24BrN3O4S/c1-3-11-29-18-9-8-14(13-16(18)22)19(26)25-21(30)24-17-7-5-4-6-15(17)20(27)23-10-12-28-2/h4-9,13H,3,10-12H2,1-2H3,(H,23,27)(H2,24,25,26,30). The topological polar surface area (TPSA) is 88.7 Å². The lowest BCUT2D eigenvalue weighted by Gasteiger charge is -2.14. The SMILES string of the molecule is CCCOc1ccc(C(=O)NC(=S)Nc2ccccc2C(=O)NCCOC)cc1Br. The number of nitrogens with one attached hydrogen (secondary N) is 3. The number of halogens is 1. The maximum atomic E-state index is 12.5. The van der Waals surface area contributed by atoms with Crippen molar-refractivity contribution in [1.82, 2.24) is 10.6 Å². The third-order valence-corrected chi connectivity index (χ3v) is 4.72. The smallest absolute Gasteiger partial charge is 0.257 e. The van der Waals surface area contributed by atoms with Crippen LogP contribution in [0.3, 0.4) is 0 Å². The van der Waals surface area contributed by atoms with Crippen molar-refractivity contribution in [2.45, 2.75) is 13.3 Å². The van der Waals surface area contributed by atoms with Crippen LogP contribution >= 0.6 is 28.1 Å². The number of anilines is 1. The van der Waals surface area contributed by atoms with Crippen LogP contribution < -0.4 is 20.7 Å². The molecule has 0 aliphatic rings. The van der Waals surface area contributed by atoms with Crippen LogP contribution in [-0.2, 0) is 4.74 Å². The van der Waals surface area contributed by atoms with Crippen molar-refractivity contribution >= 4 is 50.8 Å². The van der Waals surface area contributed by atoms with Crippen LogP contribution in [0.4, 0.5) is 5.69 Å². The predicted octanol–water partition coefficient (Wildman–Crippen LogP) is 3.74. The summed E-state index contributed by atoms with van der Waals surface area (Å²) in [6, 6.07) is 11.9. The molecule has 0 aliphatic heterocycles. The van der Waals surface area contributed by atoms with Gasteiger partial charge in [0, 0.05) is 19.2 Å². The summed E-state index contributed by atoms with van der Waals surface area (Å²) in [7, 11) is 1.56. The van der Waals surface area contributed by atoms with Crippen molar-refractivity contribution in [3.8, 4) is 5.75 Å². The molecule has 160 valence electrons. The third-order valence-electron chi connectivity index (χ3n) is 3.89. The van der Waals surface area contributed by atoms with Crippen LogP contribution in [0.15, 0.2) is 46.9 Å². The molecule has 0 atom stereocenters. The second-order valence-corrected chi connectivity index (χ2v) is 7.46. The monoisotopic (exact) mass is 493 g/mol. The average molecular weight is 494 g/mol. The number of rotatable bonds is 9. The molecule has 0 aliphatic carbocycles. The van der Waals surface area contributed by atoms with Gasteiger partial charge in [-0.05, 0) is 64.9 Å². The number of thiocarbonyl (C=S) groups is 1. The number of ether oxygens (including phenoxy) is 2. The maximum Gasteiger partial charge on any atom is 0.257 e. The van der Waals surface area contributed by atoms with E-state index in [0.717, 1.165) is 6.42 Å². The molecule has 0 saturated carbocycles. The highest BCUT2D eigenvalue weighted by atomic mass is 79.9. The summed E-state index contributed by atoms with van der Waals surface area (Å²) >= 11 is 8.66. The first kappa shape index (κ1) is 23.8. The van der Waals surface area contributed by atoms with Crippen molar-refractivity contribution in [3.63, 3.8) is 0 Å². The molecule has 3 N–H and O–H groups in total. The Balaban J connectivity index is 2.01. The van der Waals surface area contributed by atoms with Crippen molar-refractivity contribution in [3.05, 3.63) is 58.1 Å². The Kier molecular flexibility index (Phi) is 9.72. The first-order valence-electron chi connectivity index (χ1n) is 9.37. The Hall–Kier alpha value is -2.49. The second-order valence-electron chi connectivity index (χ2n) is 6.20. The lowest BCUT2D eigenvalue weighted by molar-refractivity contribution is 0.0936. The maximum absolute atomic E-state index is 12.5. The molecule has 0 radical (unpaired) electrons. The minimum Gasteiger partial charge on any atom is -0.492 e. The molecule has 2 aromatic rings. The molecule has 0 aromatic heterocycles. The lowest BCUT2D eigenvalue weighted by atomic mass is 10.1. The van der Waals surface area contributed by atoms with Gasteiger partial charge in [-0.3, -0.25) is 14.9 Å². The van der Waals surface area contributed by atoms with Crippen LogP contribution in [0, 0.1) is 0 Å². The van der Waals surface area contributed by atoms with Crippen molar-refractivity contribution in [2.24, 2.45) is 0 Å². The number of amides is 2. The van der Waals surface area contributed by atoms with Gasteiger partial charge in [0.2, 0.25) is 0 Å². The Morgan fingerprint density at radius 3 is 2.57 bits per heavy atom. The molecule has 0 heterocycles. The van der Waals surface area contributed by atoms with Gasteiger partial charge in [-0.15, -0.1) is 0 Å². The Morgan fingerprint density at radius 1 is 1.10 bits per heavy atom. The van der Waals surface area contributed by atoms with Gasteiger partial charge in [0.15, 0.2) is 5.11 Å². The highest BCUT2D eigenvalue weighted by Gasteiger charge is 2.14. The number of hydrogen-bond donors (Lipinski definition) is 3. The normalized spacial score (nSPS) is 10.2. The van der Waals surface area contributed by atoms with Gasteiger partial charge in [-0.1, -0.05) is 19.1 Å². The molecule has 0 saturated heterocycles. The molecule has 0 spiro atoms. The first-order chi connectivity index (χ1) is 14.5. The van der Waals surface area contributed by atoms with E-state index in [0.29, 0.717) is 46.8 Å². The largest absolute Gasteiger partial charge is 0.492 e. The molecule has 30 heavy (non-hydrogen) atoms. The number of benzene rings is 2. The van der Waals surface area contributed by atoms with Gasteiger partial charge in [-0.25, -0.2) is 0 Å². The zero-order valence-corrected chi connectivity index (χ0v) is 19.2. The van der Waals surface area contributed by atoms with Gasteiger partial charge >= 0.3 is 0 Å². The van der Waals surface area contributed by atoms with Crippen LogP contribution in [0.2, 0.25) is 0 Å². The van der Waals surface area contributed by atoms with E-state index < -0.39 is 0 Å². The van der Waals surface area contributed by atoms with Crippen molar-refractivity contribution in [1.29, 1.82) is 0 Å². The minimum atomic E-state index is -0.378. The van der Waals surface area contributed by atoms with E-state index in [-0.39, 0.29) is 16.9 Å². The van der Waals surface area contributed by atoms with E-state index in [4.69, 9.17) is 21.7 Å². The van der Waals surface area contributed by atoms with E-state index >= 15 is 0 Å². The molecule has 0 unspecified atom stereocenters. The molecular formula is C21H24BrN3O4S. The number of methoxy groups -OCH3 is 1. The van der Waals surface area contributed by atoms with Crippen molar-refractivity contribution < 1.29 is 19.1 Å². The molecular weight excluding hydrogens is 470 g/mol. The van der Waals surface area contributed by atoms with Crippen molar-refractivity contribution in [2.75, 3.05) is 32.2 Å². The van der Waals surface area contributed by atoms with Crippen LogP contribution in [-0.4, -0.2) is 43.8 Å². The average Bonchev–Trinajstić information content (AvgIpc) is 2.73. The number of hydrogen-bond acceptors (Lipinski definition) is 5. The lowest BCUT2D eigenvalue weighted by Crippen LogP contribution is -2.35. The fraction of sp³-hybridized carbons (Fsp3) is 0.286. The number of carbonyl (C=O) groups excluding carboxylic acids is 2. The Labute approximate surface area is 189 Å². The van der Waals surface area contributed by atoms with E-state index in [9.17, 15) is 9.59 Å². The van der Waals surface area contributed by atoms with Crippen LogP contribution in [0.5, 0.6) is 5.75 Å². The zero-order chi connectivity index (χ0) is 21.9. The molecule has 2 amide bonds. The highest BCUT2D eigenvalue weighted by Crippen LogP contribution is 2.26. The fourth-order valence-electron chi connectivity index (χ4n) is 2.45. The molecule has 0 bridgehead atoms. The Bertz CT molecular complexity index is 908. The van der Waals surface area contributed by atoms with Gasteiger partial charge < -0.3 is 20.1 Å². The van der Waals surface area contributed by atoms with Gasteiger partial charge in [0.25, 0.3) is 11.8 Å². The summed E-state index contributed by atoms with van der Waals surface area (Å²) in [5.41, 5.74) is 1.31. The molecule has 7 nitrogen and oxygen atoms in total. The molecule has 2 rings (SSSR count). The zero-order valence-electron chi connectivity index (χ0n) is 16.8. The summed E-state index contributed by atoms with van der Waals surface area (Å²) in [5.74, 6) is 0.0238. The van der Waals surface area contributed by atoms with E-state index in [2.05, 4.69) is 31.9 Å². The van der Waals surface area contributed by atoms with E-state index in [1.807, 2.05) is 6.92 Å². The van der Waals surface area contributed by atoms with Gasteiger partial charge in [0.05, 0.1) is 28.9 Å². The summed E-state index contributed by atoms with van der Waals surface area (Å²) in [5, 5.41) is 8.37. The quantitative estimate of drug-likeness (QED) is 0.364. The molecule has 2 aromatic carbocycles.